The lowest BCUT2D eigenvalue weighted by molar-refractivity contribution is 0.746. The van der Waals surface area contributed by atoms with Gasteiger partial charge in [-0.2, -0.15) is 0 Å². The van der Waals surface area contributed by atoms with Crippen LogP contribution in [0.5, 0.6) is 0 Å². The normalized spacial score (nSPS) is 11.2. The number of nitrogens with zero attached hydrogens (tertiary/aromatic N) is 2. The Morgan fingerprint density at radius 1 is 1.04 bits per heavy atom. The highest BCUT2D eigenvalue weighted by Gasteiger charge is 2.10. The SMILES string of the molecule is Cc1cncn1Cc1ccc(-c2cccc3[nH]c(=O)[nH]c23)c(=O)[nH]1. The van der Waals surface area contributed by atoms with Crippen molar-refractivity contribution in [3.63, 3.8) is 0 Å². The predicted molar refractivity (Wildman–Crippen MR) is 91.0 cm³/mol. The van der Waals surface area contributed by atoms with Gasteiger partial charge in [-0.05, 0) is 25.1 Å². The topological polar surface area (TPSA) is 99.3 Å². The Kier molecular flexibility index (Phi) is 3.19. The second-order valence-corrected chi connectivity index (χ2v) is 5.70. The molecule has 4 aromatic rings. The first kappa shape index (κ1) is 14.3. The van der Waals surface area contributed by atoms with Crippen LogP contribution in [0.3, 0.4) is 0 Å². The summed E-state index contributed by atoms with van der Waals surface area (Å²) in [7, 11) is 0. The molecule has 24 heavy (non-hydrogen) atoms. The van der Waals surface area contributed by atoms with Gasteiger partial charge in [0.25, 0.3) is 5.56 Å². The average Bonchev–Trinajstić information content (AvgIpc) is 3.12. The summed E-state index contributed by atoms with van der Waals surface area (Å²) in [6.07, 6.45) is 3.50. The van der Waals surface area contributed by atoms with E-state index in [1.54, 1.807) is 24.7 Å². The molecule has 0 radical (unpaired) electrons. The van der Waals surface area contributed by atoms with Crippen LogP contribution < -0.4 is 11.2 Å². The van der Waals surface area contributed by atoms with Crippen LogP contribution in [0, 0.1) is 6.92 Å². The van der Waals surface area contributed by atoms with Gasteiger partial charge in [0.1, 0.15) is 0 Å². The number of aryl methyl sites for hydroxylation is 1. The summed E-state index contributed by atoms with van der Waals surface area (Å²) in [5.74, 6) is 0. The molecule has 0 fully saturated rings. The first-order chi connectivity index (χ1) is 11.6. The fourth-order valence-corrected chi connectivity index (χ4v) is 2.84. The molecule has 0 saturated carbocycles. The van der Waals surface area contributed by atoms with Crippen molar-refractivity contribution in [2.24, 2.45) is 0 Å². The number of fused-ring (bicyclic) bond motifs is 1. The van der Waals surface area contributed by atoms with E-state index in [4.69, 9.17) is 0 Å². The molecule has 4 rings (SSSR count). The van der Waals surface area contributed by atoms with Crippen LogP contribution in [0.4, 0.5) is 0 Å². The number of imidazole rings is 2. The molecule has 120 valence electrons. The maximum Gasteiger partial charge on any atom is 0.323 e. The molecule has 0 aliphatic carbocycles. The standard InChI is InChI=1S/C17H15N5O2/c1-10-7-18-9-22(10)8-11-5-6-13(16(23)19-11)12-3-2-4-14-15(12)21-17(24)20-14/h2-7,9H,8H2,1H3,(H,19,23)(H2,20,21,24). The lowest BCUT2D eigenvalue weighted by Crippen LogP contribution is -2.13. The van der Waals surface area contributed by atoms with Gasteiger partial charge in [0.15, 0.2) is 0 Å². The molecule has 3 heterocycles. The summed E-state index contributed by atoms with van der Waals surface area (Å²) in [4.78, 5) is 36.5. The summed E-state index contributed by atoms with van der Waals surface area (Å²) in [6.45, 7) is 2.51. The summed E-state index contributed by atoms with van der Waals surface area (Å²) >= 11 is 0. The molecule has 0 amide bonds. The average molecular weight is 321 g/mol. The van der Waals surface area contributed by atoms with Crippen molar-refractivity contribution in [2.45, 2.75) is 13.5 Å². The Morgan fingerprint density at radius 3 is 2.67 bits per heavy atom. The molecule has 0 unspecified atom stereocenters. The van der Waals surface area contributed by atoms with E-state index in [0.29, 0.717) is 28.7 Å². The number of hydrogen-bond acceptors (Lipinski definition) is 3. The first-order valence-corrected chi connectivity index (χ1v) is 7.52. The van der Waals surface area contributed by atoms with Gasteiger partial charge in [-0.15, -0.1) is 0 Å². The van der Waals surface area contributed by atoms with E-state index in [1.807, 2.05) is 29.7 Å². The van der Waals surface area contributed by atoms with Gasteiger partial charge < -0.3 is 19.5 Å². The van der Waals surface area contributed by atoms with Gasteiger partial charge in [-0.3, -0.25) is 4.79 Å². The highest BCUT2D eigenvalue weighted by Crippen LogP contribution is 2.23. The number of rotatable bonds is 3. The number of pyridine rings is 1. The van der Waals surface area contributed by atoms with Crippen molar-refractivity contribution in [1.29, 1.82) is 0 Å². The molecule has 0 bridgehead atoms. The largest absolute Gasteiger partial charge is 0.329 e. The van der Waals surface area contributed by atoms with Crippen molar-refractivity contribution in [2.75, 3.05) is 0 Å². The molecular formula is C17H15N5O2. The van der Waals surface area contributed by atoms with Crippen molar-refractivity contribution in [3.05, 3.63) is 75.1 Å². The Morgan fingerprint density at radius 2 is 1.92 bits per heavy atom. The Labute approximate surface area is 136 Å². The Balaban J connectivity index is 1.78. The van der Waals surface area contributed by atoms with Gasteiger partial charge in [0.2, 0.25) is 0 Å². The van der Waals surface area contributed by atoms with Crippen LogP contribution in [0.25, 0.3) is 22.2 Å². The summed E-state index contributed by atoms with van der Waals surface area (Å²) < 4.78 is 1.95. The zero-order valence-electron chi connectivity index (χ0n) is 13.0. The minimum absolute atomic E-state index is 0.195. The van der Waals surface area contributed by atoms with Gasteiger partial charge >= 0.3 is 5.69 Å². The molecule has 7 nitrogen and oxygen atoms in total. The number of aromatic amines is 3. The second-order valence-electron chi connectivity index (χ2n) is 5.70. The molecule has 3 aromatic heterocycles. The van der Waals surface area contributed by atoms with E-state index < -0.39 is 0 Å². The van der Waals surface area contributed by atoms with E-state index in [0.717, 1.165) is 11.4 Å². The molecule has 0 atom stereocenters. The zero-order chi connectivity index (χ0) is 16.7. The first-order valence-electron chi connectivity index (χ1n) is 7.52. The van der Waals surface area contributed by atoms with Crippen molar-refractivity contribution in [3.8, 4) is 11.1 Å². The quantitative estimate of drug-likeness (QED) is 0.536. The van der Waals surface area contributed by atoms with Crippen LogP contribution in [0.1, 0.15) is 11.4 Å². The van der Waals surface area contributed by atoms with Crippen molar-refractivity contribution < 1.29 is 0 Å². The predicted octanol–water partition coefficient (Wildman–Crippen LogP) is 1.76. The monoisotopic (exact) mass is 321 g/mol. The fourth-order valence-electron chi connectivity index (χ4n) is 2.84. The van der Waals surface area contributed by atoms with Gasteiger partial charge in [0, 0.05) is 28.7 Å². The van der Waals surface area contributed by atoms with Crippen molar-refractivity contribution in [1.82, 2.24) is 24.5 Å². The van der Waals surface area contributed by atoms with Gasteiger partial charge in [-0.25, -0.2) is 9.78 Å². The maximum atomic E-state index is 12.5. The van der Waals surface area contributed by atoms with E-state index in [2.05, 4.69) is 19.9 Å². The molecule has 0 spiro atoms. The van der Waals surface area contributed by atoms with E-state index in [1.165, 1.54) is 0 Å². The van der Waals surface area contributed by atoms with E-state index in [9.17, 15) is 9.59 Å². The number of para-hydroxylation sites is 1. The lowest BCUT2D eigenvalue weighted by atomic mass is 10.1. The summed E-state index contributed by atoms with van der Waals surface area (Å²) in [5.41, 5.74) is 3.84. The Hall–Kier alpha value is -3.35. The lowest BCUT2D eigenvalue weighted by Gasteiger charge is -2.07. The van der Waals surface area contributed by atoms with Crippen LogP contribution in [0.15, 0.2) is 52.4 Å². The van der Waals surface area contributed by atoms with Crippen LogP contribution >= 0.6 is 0 Å². The fraction of sp³-hybridized carbons (Fsp3) is 0.118. The molecule has 0 aliphatic rings. The van der Waals surface area contributed by atoms with Crippen molar-refractivity contribution >= 4 is 11.0 Å². The number of H-pyrrole nitrogens is 3. The van der Waals surface area contributed by atoms with Gasteiger partial charge in [-0.1, -0.05) is 12.1 Å². The molecule has 7 heteroatoms. The maximum absolute atomic E-state index is 12.5. The summed E-state index contributed by atoms with van der Waals surface area (Å²) in [5, 5.41) is 0. The van der Waals surface area contributed by atoms with Gasteiger partial charge in [0.05, 0.1) is 23.9 Å². The van der Waals surface area contributed by atoms with Crippen LogP contribution in [-0.4, -0.2) is 24.5 Å². The second kappa shape index (κ2) is 5.38. The molecule has 0 aliphatic heterocycles. The van der Waals surface area contributed by atoms with E-state index >= 15 is 0 Å². The minimum Gasteiger partial charge on any atom is -0.329 e. The third-order valence-corrected chi connectivity index (χ3v) is 4.07. The van der Waals surface area contributed by atoms with Crippen LogP contribution in [-0.2, 0) is 6.54 Å². The summed E-state index contributed by atoms with van der Waals surface area (Å²) in [6, 6.07) is 9.07. The number of aromatic nitrogens is 5. The highest BCUT2D eigenvalue weighted by molar-refractivity contribution is 5.91. The third kappa shape index (κ3) is 2.36. The number of benzene rings is 1. The smallest absolute Gasteiger partial charge is 0.323 e. The Bertz CT molecular complexity index is 1150. The molecular weight excluding hydrogens is 306 g/mol. The minimum atomic E-state index is -0.291. The third-order valence-electron chi connectivity index (χ3n) is 4.07. The van der Waals surface area contributed by atoms with Crippen LogP contribution in [0.2, 0.25) is 0 Å². The zero-order valence-corrected chi connectivity index (χ0v) is 13.0. The molecule has 3 N–H and O–H groups in total. The number of nitrogens with one attached hydrogen (secondary N) is 3. The molecule has 0 saturated heterocycles. The van der Waals surface area contributed by atoms with E-state index in [-0.39, 0.29) is 11.2 Å². The number of hydrogen-bond donors (Lipinski definition) is 3. The molecule has 1 aromatic carbocycles. The highest BCUT2D eigenvalue weighted by atomic mass is 16.1.